The van der Waals surface area contributed by atoms with E-state index < -0.39 is 0 Å². The number of hydrogen-bond acceptors (Lipinski definition) is 4. The first kappa shape index (κ1) is 18.0. The van der Waals surface area contributed by atoms with E-state index in [2.05, 4.69) is 10.6 Å². The van der Waals surface area contributed by atoms with Gasteiger partial charge in [0.15, 0.2) is 0 Å². The van der Waals surface area contributed by atoms with Crippen LogP contribution in [0.5, 0.6) is 5.75 Å². The van der Waals surface area contributed by atoms with E-state index in [0.29, 0.717) is 6.54 Å². The predicted octanol–water partition coefficient (Wildman–Crippen LogP) is 0.768. The van der Waals surface area contributed by atoms with E-state index in [0.717, 1.165) is 11.3 Å². The summed E-state index contributed by atoms with van der Waals surface area (Å²) in [6, 6.07) is 7.63. The van der Waals surface area contributed by atoms with Gasteiger partial charge in [-0.1, -0.05) is 12.1 Å². The van der Waals surface area contributed by atoms with E-state index in [9.17, 15) is 9.59 Å². The first-order valence-electron chi connectivity index (χ1n) is 7.28. The summed E-state index contributed by atoms with van der Waals surface area (Å²) < 4.78 is 5.14. The van der Waals surface area contributed by atoms with Gasteiger partial charge < -0.3 is 15.4 Å². The number of nitrogens with one attached hydrogen (secondary N) is 2. The van der Waals surface area contributed by atoms with Crippen molar-refractivity contribution in [3.05, 3.63) is 29.8 Å². The molecule has 0 saturated carbocycles. The van der Waals surface area contributed by atoms with Crippen molar-refractivity contribution >= 4 is 11.8 Å². The molecule has 6 heteroatoms. The van der Waals surface area contributed by atoms with Gasteiger partial charge in [-0.2, -0.15) is 0 Å². The highest BCUT2D eigenvalue weighted by atomic mass is 16.5. The Bertz CT molecular complexity index is 503. The van der Waals surface area contributed by atoms with E-state index in [1.807, 2.05) is 38.1 Å². The summed E-state index contributed by atoms with van der Waals surface area (Å²) >= 11 is 0. The van der Waals surface area contributed by atoms with Gasteiger partial charge in [0.05, 0.1) is 20.2 Å². The largest absolute Gasteiger partial charge is 0.497 e. The Balaban J connectivity index is 2.34. The lowest BCUT2D eigenvalue weighted by molar-refractivity contribution is -0.124. The van der Waals surface area contributed by atoms with Gasteiger partial charge in [-0.15, -0.1) is 0 Å². The fourth-order valence-corrected chi connectivity index (χ4v) is 1.95. The molecule has 0 bridgehead atoms. The molecule has 0 atom stereocenters. The molecule has 2 N–H and O–H groups in total. The normalized spacial score (nSPS) is 10.6. The maximum absolute atomic E-state index is 11.9. The second-order valence-corrected chi connectivity index (χ2v) is 5.52. The van der Waals surface area contributed by atoms with Crippen LogP contribution in [0.1, 0.15) is 19.4 Å². The highest BCUT2D eigenvalue weighted by Gasteiger charge is 2.11. The van der Waals surface area contributed by atoms with Crippen molar-refractivity contribution in [2.75, 3.05) is 27.2 Å². The molecule has 0 fully saturated rings. The number of amides is 2. The van der Waals surface area contributed by atoms with Crippen molar-refractivity contribution in [1.29, 1.82) is 0 Å². The predicted molar refractivity (Wildman–Crippen MR) is 85.6 cm³/mol. The molecule has 122 valence electrons. The molecule has 6 nitrogen and oxygen atoms in total. The molecule has 0 aliphatic carbocycles. The van der Waals surface area contributed by atoms with Crippen molar-refractivity contribution < 1.29 is 14.3 Å². The average Bonchev–Trinajstić information content (AvgIpc) is 2.44. The lowest BCUT2D eigenvalue weighted by Crippen LogP contribution is -2.42. The van der Waals surface area contributed by atoms with Crippen LogP contribution in [0.25, 0.3) is 0 Å². The average molecular weight is 307 g/mol. The van der Waals surface area contributed by atoms with Crippen LogP contribution in [-0.4, -0.2) is 50.0 Å². The molecule has 22 heavy (non-hydrogen) atoms. The van der Waals surface area contributed by atoms with Crippen LogP contribution in [0.2, 0.25) is 0 Å². The summed E-state index contributed by atoms with van der Waals surface area (Å²) in [6.45, 7) is 4.61. The highest BCUT2D eigenvalue weighted by Crippen LogP contribution is 2.11. The summed E-state index contributed by atoms with van der Waals surface area (Å²) in [7, 11) is 3.35. The lowest BCUT2D eigenvalue weighted by atomic mass is 10.2. The number of carbonyl (C=O) groups excluding carboxylic acids is 2. The van der Waals surface area contributed by atoms with Crippen LogP contribution < -0.4 is 15.4 Å². The second-order valence-electron chi connectivity index (χ2n) is 5.52. The SMILES string of the molecule is COc1cccc(CNC(=O)CN(C)CC(=O)NC(C)C)c1. The van der Waals surface area contributed by atoms with Crippen molar-refractivity contribution in [2.45, 2.75) is 26.4 Å². The third-order valence-corrected chi connectivity index (χ3v) is 2.90. The summed E-state index contributed by atoms with van der Waals surface area (Å²) in [6.07, 6.45) is 0. The van der Waals surface area contributed by atoms with E-state index in [-0.39, 0.29) is 30.9 Å². The summed E-state index contributed by atoms with van der Waals surface area (Å²) in [5.41, 5.74) is 0.966. The number of methoxy groups -OCH3 is 1. The number of carbonyl (C=O) groups is 2. The first-order valence-corrected chi connectivity index (χ1v) is 7.28. The smallest absolute Gasteiger partial charge is 0.234 e. The Labute approximate surface area is 131 Å². The zero-order chi connectivity index (χ0) is 16.5. The summed E-state index contributed by atoms with van der Waals surface area (Å²) in [5.74, 6) is 0.551. The van der Waals surface area contributed by atoms with Gasteiger partial charge in [-0.25, -0.2) is 0 Å². The van der Waals surface area contributed by atoms with Crippen LogP contribution in [0, 0.1) is 0 Å². The monoisotopic (exact) mass is 307 g/mol. The van der Waals surface area contributed by atoms with Crippen LogP contribution in [-0.2, 0) is 16.1 Å². The molecular weight excluding hydrogens is 282 g/mol. The summed E-state index contributed by atoms with van der Waals surface area (Å²) in [5, 5.41) is 5.62. The molecule has 2 amide bonds. The van der Waals surface area contributed by atoms with Crippen LogP contribution in [0.4, 0.5) is 0 Å². The number of likely N-dealkylation sites (N-methyl/N-ethyl adjacent to an activating group) is 1. The molecule has 0 saturated heterocycles. The highest BCUT2D eigenvalue weighted by molar-refractivity contribution is 5.81. The standard InChI is InChI=1S/C16H25N3O3/c1-12(2)18-16(21)11-19(3)10-15(20)17-9-13-6-5-7-14(8-13)22-4/h5-8,12H,9-11H2,1-4H3,(H,17,20)(H,18,21). The summed E-state index contributed by atoms with van der Waals surface area (Å²) in [4.78, 5) is 25.1. The minimum absolute atomic E-state index is 0.0851. The van der Waals surface area contributed by atoms with Gasteiger partial charge in [0.2, 0.25) is 11.8 Å². The topological polar surface area (TPSA) is 70.7 Å². The molecule has 0 heterocycles. The van der Waals surface area contributed by atoms with Crippen molar-refractivity contribution in [3.8, 4) is 5.75 Å². The number of ether oxygens (including phenoxy) is 1. The fourth-order valence-electron chi connectivity index (χ4n) is 1.95. The van der Waals surface area contributed by atoms with Crippen molar-refractivity contribution in [1.82, 2.24) is 15.5 Å². The fraction of sp³-hybridized carbons (Fsp3) is 0.500. The van der Waals surface area contributed by atoms with Gasteiger partial charge in [0.1, 0.15) is 5.75 Å². The quantitative estimate of drug-likeness (QED) is 0.744. The number of rotatable bonds is 8. The zero-order valence-corrected chi connectivity index (χ0v) is 13.7. The maximum Gasteiger partial charge on any atom is 0.234 e. The van der Waals surface area contributed by atoms with E-state index in [1.165, 1.54) is 0 Å². The molecule has 1 aromatic carbocycles. The molecule has 1 aromatic rings. The Morgan fingerprint density at radius 3 is 2.55 bits per heavy atom. The Hall–Kier alpha value is -2.08. The molecular formula is C16H25N3O3. The van der Waals surface area contributed by atoms with Crippen molar-refractivity contribution in [3.63, 3.8) is 0 Å². The van der Waals surface area contributed by atoms with Gasteiger partial charge >= 0.3 is 0 Å². The molecule has 0 radical (unpaired) electrons. The molecule has 0 unspecified atom stereocenters. The number of nitrogens with zero attached hydrogens (tertiary/aromatic N) is 1. The van der Waals surface area contributed by atoms with Crippen LogP contribution in [0.3, 0.4) is 0 Å². The van der Waals surface area contributed by atoms with Crippen molar-refractivity contribution in [2.24, 2.45) is 0 Å². The lowest BCUT2D eigenvalue weighted by Gasteiger charge is -2.17. The Kier molecular flexibility index (Phi) is 7.39. The molecule has 0 aliphatic rings. The van der Waals surface area contributed by atoms with E-state index >= 15 is 0 Å². The van der Waals surface area contributed by atoms with Crippen LogP contribution >= 0.6 is 0 Å². The van der Waals surface area contributed by atoms with Gasteiger partial charge in [-0.3, -0.25) is 14.5 Å². The van der Waals surface area contributed by atoms with Gasteiger partial charge in [-0.05, 0) is 38.6 Å². The molecule has 0 aliphatic heterocycles. The third kappa shape index (κ3) is 7.08. The number of hydrogen-bond donors (Lipinski definition) is 2. The van der Waals surface area contributed by atoms with Gasteiger partial charge in [0.25, 0.3) is 0 Å². The first-order chi connectivity index (χ1) is 10.4. The Morgan fingerprint density at radius 1 is 1.23 bits per heavy atom. The minimum Gasteiger partial charge on any atom is -0.497 e. The number of benzene rings is 1. The maximum atomic E-state index is 11.9. The minimum atomic E-state index is -0.123. The van der Waals surface area contributed by atoms with E-state index in [4.69, 9.17) is 4.74 Å². The Morgan fingerprint density at radius 2 is 1.91 bits per heavy atom. The molecule has 1 rings (SSSR count). The third-order valence-electron chi connectivity index (χ3n) is 2.90. The second kappa shape index (κ2) is 9.04. The molecule has 0 spiro atoms. The molecule has 0 aromatic heterocycles. The van der Waals surface area contributed by atoms with Crippen LogP contribution in [0.15, 0.2) is 24.3 Å². The van der Waals surface area contributed by atoms with E-state index in [1.54, 1.807) is 19.1 Å². The van der Waals surface area contributed by atoms with Gasteiger partial charge in [0, 0.05) is 12.6 Å². The zero-order valence-electron chi connectivity index (χ0n) is 13.7.